The first-order valence-corrected chi connectivity index (χ1v) is 7.19. The van der Waals surface area contributed by atoms with Gasteiger partial charge in [0.1, 0.15) is 11.4 Å². The molecule has 1 aromatic heterocycles. The molecule has 6 heteroatoms. The molecule has 6 nitrogen and oxygen atoms in total. The highest BCUT2D eigenvalue weighted by atomic mass is 16.4. The van der Waals surface area contributed by atoms with Crippen molar-refractivity contribution in [1.29, 1.82) is 0 Å². The number of hydrogen-bond acceptors (Lipinski definition) is 5. The smallest absolute Gasteiger partial charge is 0.339 e. The number of nitrogens with two attached hydrogens (primary N) is 1. The average molecular weight is 298 g/mol. The molecular formula is C16H18N4O2. The van der Waals surface area contributed by atoms with Crippen LogP contribution in [0.15, 0.2) is 42.6 Å². The van der Waals surface area contributed by atoms with E-state index in [1.165, 1.54) is 18.0 Å². The number of anilines is 3. The zero-order valence-electron chi connectivity index (χ0n) is 12.1. The first kappa shape index (κ1) is 14.2. The van der Waals surface area contributed by atoms with Crippen LogP contribution in [-0.4, -0.2) is 42.2 Å². The Balaban J connectivity index is 1.76. The third kappa shape index (κ3) is 2.81. The van der Waals surface area contributed by atoms with Gasteiger partial charge in [-0.15, -0.1) is 0 Å². The minimum atomic E-state index is -1.000. The quantitative estimate of drug-likeness (QED) is 0.897. The van der Waals surface area contributed by atoms with Crippen LogP contribution in [0, 0.1) is 0 Å². The Morgan fingerprint density at radius 3 is 2.36 bits per heavy atom. The molecule has 1 aliphatic heterocycles. The van der Waals surface area contributed by atoms with Crippen molar-refractivity contribution in [2.24, 2.45) is 0 Å². The van der Waals surface area contributed by atoms with Gasteiger partial charge in [-0.3, -0.25) is 0 Å². The van der Waals surface area contributed by atoms with Crippen LogP contribution in [0.3, 0.4) is 0 Å². The molecule has 1 saturated heterocycles. The number of carboxylic acid groups (broad SMARTS) is 1. The van der Waals surface area contributed by atoms with Gasteiger partial charge < -0.3 is 20.6 Å². The first-order chi connectivity index (χ1) is 10.6. The summed E-state index contributed by atoms with van der Waals surface area (Å²) in [5.74, 6) is -0.505. The number of nitrogen functional groups attached to an aromatic ring is 1. The summed E-state index contributed by atoms with van der Waals surface area (Å²) >= 11 is 0. The normalized spacial score (nSPS) is 14.9. The molecule has 0 saturated carbocycles. The zero-order valence-corrected chi connectivity index (χ0v) is 12.1. The van der Waals surface area contributed by atoms with E-state index in [0.29, 0.717) is 11.5 Å². The second-order valence-electron chi connectivity index (χ2n) is 5.25. The minimum Gasteiger partial charge on any atom is -0.478 e. The molecule has 0 unspecified atom stereocenters. The van der Waals surface area contributed by atoms with E-state index in [4.69, 9.17) is 5.73 Å². The molecule has 114 valence electrons. The van der Waals surface area contributed by atoms with Crippen molar-refractivity contribution < 1.29 is 9.90 Å². The van der Waals surface area contributed by atoms with E-state index in [2.05, 4.69) is 22.0 Å². The van der Waals surface area contributed by atoms with Crippen molar-refractivity contribution in [3.8, 4) is 0 Å². The number of rotatable bonds is 3. The van der Waals surface area contributed by atoms with E-state index in [-0.39, 0.29) is 5.56 Å². The lowest BCUT2D eigenvalue weighted by molar-refractivity contribution is 0.0697. The lowest BCUT2D eigenvalue weighted by Crippen LogP contribution is -2.47. The van der Waals surface area contributed by atoms with Gasteiger partial charge >= 0.3 is 5.97 Å². The van der Waals surface area contributed by atoms with Crippen LogP contribution in [0.25, 0.3) is 0 Å². The highest BCUT2D eigenvalue weighted by Crippen LogP contribution is 2.23. The van der Waals surface area contributed by atoms with Crippen LogP contribution < -0.4 is 15.5 Å². The number of aromatic carboxylic acids is 1. The summed E-state index contributed by atoms with van der Waals surface area (Å²) in [5, 5.41) is 9.32. The van der Waals surface area contributed by atoms with Crippen LogP contribution in [0.4, 0.5) is 17.2 Å². The van der Waals surface area contributed by atoms with E-state index in [1.54, 1.807) is 0 Å². The lowest BCUT2D eigenvalue weighted by atomic mass is 10.2. The standard InChI is InChI=1S/C16H18N4O2/c17-12-10-14(16(21)22)15(18-11-12)20-8-6-19(7-9-20)13-4-2-1-3-5-13/h1-5,10-11H,6-9,17H2,(H,21,22). The largest absolute Gasteiger partial charge is 0.478 e. The number of para-hydroxylation sites is 1. The second-order valence-corrected chi connectivity index (χ2v) is 5.25. The second kappa shape index (κ2) is 5.93. The SMILES string of the molecule is Nc1cnc(N2CCN(c3ccccc3)CC2)c(C(=O)O)c1. The Hall–Kier alpha value is -2.76. The molecular weight excluding hydrogens is 280 g/mol. The minimum absolute atomic E-state index is 0.160. The van der Waals surface area contributed by atoms with Crippen molar-refractivity contribution >= 4 is 23.2 Å². The van der Waals surface area contributed by atoms with E-state index >= 15 is 0 Å². The van der Waals surface area contributed by atoms with Crippen molar-refractivity contribution in [2.45, 2.75) is 0 Å². The lowest BCUT2D eigenvalue weighted by Gasteiger charge is -2.37. The van der Waals surface area contributed by atoms with Gasteiger partial charge in [-0.25, -0.2) is 9.78 Å². The summed E-state index contributed by atoms with van der Waals surface area (Å²) in [6.45, 7) is 3.11. The van der Waals surface area contributed by atoms with Crippen molar-refractivity contribution in [2.75, 3.05) is 41.7 Å². The van der Waals surface area contributed by atoms with Crippen molar-refractivity contribution in [1.82, 2.24) is 4.98 Å². The maximum Gasteiger partial charge on any atom is 0.339 e. The number of aromatic nitrogens is 1. The fourth-order valence-corrected chi connectivity index (χ4v) is 2.70. The highest BCUT2D eigenvalue weighted by molar-refractivity contribution is 5.94. The Morgan fingerprint density at radius 2 is 1.73 bits per heavy atom. The molecule has 0 bridgehead atoms. The Bertz CT molecular complexity index is 667. The van der Waals surface area contributed by atoms with Crippen LogP contribution in [0.2, 0.25) is 0 Å². The summed E-state index contributed by atoms with van der Waals surface area (Å²) in [5.41, 5.74) is 7.35. The molecule has 22 heavy (non-hydrogen) atoms. The van der Waals surface area contributed by atoms with Gasteiger partial charge in [-0.2, -0.15) is 0 Å². The van der Waals surface area contributed by atoms with Crippen LogP contribution in [-0.2, 0) is 0 Å². The fraction of sp³-hybridized carbons (Fsp3) is 0.250. The fourth-order valence-electron chi connectivity index (χ4n) is 2.70. The van der Waals surface area contributed by atoms with E-state index < -0.39 is 5.97 Å². The number of hydrogen-bond donors (Lipinski definition) is 2. The number of nitrogens with zero attached hydrogens (tertiary/aromatic N) is 3. The molecule has 0 atom stereocenters. The maximum absolute atomic E-state index is 11.4. The Labute approximate surface area is 128 Å². The first-order valence-electron chi connectivity index (χ1n) is 7.19. The van der Waals surface area contributed by atoms with Crippen molar-refractivity contribution in [3.05, 3.63) is 48.2 Å². The molecule has 2 aromatic rings. The van der Waals surface area contributed by atoms with Gasteiger partial charge in [0.2, 0.25) is 0 Å². The van der Waals surface area contributed by atoms with E-state index in [9.17, 15) is 9.90 Å². The molecule has 0 amide bonds. The average Bonchev–Trinajstić information content (AvgIpc) is 2.56. The van der Waals surface area contributed by atoms with Crippen LogP contribution in [0.1, 0.15) is 10.4 Å². The Kier molecular flexibility index (Phi) is 3.82. The summed E-state index contributed by atoms with van der Waals surface area (Å²) in [7, 11) is 0. The van der Waals surface area contributed by atoms with E-state index in [0.717, 1.165) is 26.2 Å². The number of pyridine rings is 1. The molecule has 0 aliphatic carbocycles. The zero-order chi connectivity index (χ0) is 15.5. The molecule has 2 heterocycles. The topological polar surface area (TPSA) is 82.7 Å². The van der Waals surface area contributed by atoms with Crippen molar-refractivity contribution in [3.63, 3.8) is 0 Å². The van der Waals surface area contributed by atoms with Gasteiger partial charge in [0.25, 0.3) is 0 Å². The molecule has 1 fully saturated rings. The number of benzene rings is 1. The van der Waals surface area contributed by atoms with Gasteiger partial charge in [-0.05, 0) is 18.2 Å². The monoisotopic (exact) mass is 298 g/mol. The molecule has 1 aromatic carbocycles. The third-order valence-corrected chi connectivity index (χ3v) is 3.82. The summed E-state index contributed by atoms with van der Waals surface area (Å²) < 4.78 is 0. The summed E-state index contributed by atoms with van der Waals surface area (Å²) in [6, 6.07) is 11.7. The van der Waals surface area contributed by atoms with E-state index in [1.807, 2.05) is 23.1 Å². The molecule has 0 radical (unpaired) electrons. The predicted octanol–water partition coefficient (Wildman–Crippen LogP) is 1.69. The third-order valence-electron chi connectivity index (χ3n) is 3.82. The van der Waals surface area contributed by atoms with Crippen LogP contribution >= 0.6 is 0 Å². The van der Waals surface area contributed by atoms with Gasteiger partial charge in [0.05, 0.1) is 11.9 Å². The van der Waals surface area contributed by atoms with Gasteiger partial charge in [-0.1, -0.05) is 18.2 Å². The van der Waals surface area contributed by atoms with Gasteiger partial charge in [0.15, 0.2) is 0 Å². The highest BCUT2D eigenvalue weighted by Gasteiger charge is 2.22. The number of piperazine rings is 1. The Morgan fingerprint density at radius 1 is 1.09 bits per heavy atom. The molecule has 1 aliphatic rings. The maximum atomic E-state index is 11.4. The number of carboxylic acids is 1. The molecule has 3 rings (SSSR count). The molecule has 3 N–H and O–H groups in total. The predicted molar refractivity (Wildman–Crippen MR) is 86.5 cm³/mol. The molecule has 0 spiro atoms. The number of carbonyl (C=O) groups is 1. The van der Waals surface area contributed by atoms with Crippen LogP contribution in [0.5, 0.6) is 0 Å². The summed E-state index contributed by atoms with van der Waals surface area (Å²) in [6.07, 6.45) is 1.51. The summed E-state index contributed by atoms with van der Waals surface area (Å²) in [4.78, 5) is 19.9. The van der Waals surface area contributed by atoms with Gasteiger partial charge in [0, 0.05) is 31.9 Å².